The molecule has 0 spiro atoms. The molecule has 26 heavy (non-hydrogen) atoms. The summed E-state index contributed by atoms with van der Waals surface area (Å²) >= 11 is 1.53. The van der Waals surface area contributed by atoms with Crippen molar-refractivity contribution in [1.82, 2.24) is 10.5 Å². The molecule has 0 fully saturated rings. The Hall–Kier alpha value is -3.19. The fourth-order valence-electron chi connectivity index (χ4n) is 2.18. The van der Waals surface area contributed by atoms with E-state index in [1.807, 2.05) is 47.8 Å². The third-order valence-electron chi connectivity index (χ3n) is 3.32. The number of amides is 1. The molecule has 0 aliphatic rings. The molecule has 0 aliphatic carbocycles. The van der Waals surface area contributed by atoms with Crippen LogP contribution in [0.15, 0.2) is 64.1 Å². The van der Waals surface area contributed by atoms with E-state index in [-0.39, 0.29) is 18.2 Å². The van der Waals surface area contributed by atoms with Crippen molar-refractivity contribution >= 4 is 29.3 Å². The maximum absolute atomic E-state index is 12.3. The number of carbonyl (C=O) groups excluding carboxylic acids is 2. The molecule has 1 amide bonds. The van der Waals surface area contributed by atoms with Crippen LogP contribution in [0, 0.1) is 0 Å². The molecule has 0 saturated carbocycles. The lowest BCUT2D eigenvalue weighted by Crippen LogP contribution is -2.26. The van der Waals surface area contributed by atoms with Crippen LogP contribution in [0.1, 0.15) is 18.2 Å². The highest BCUT2D eigenvalue weighted by molar-refractivity contribution is 7.13. The van der Waals surface area contributed by atoms with Crippen LogP contribution in [0.25, 0.3) is 16.7 Å². The van der Waals surface area contributed by atoms with Crippen molar-refractivity contribution in [1.29, 1.82) is 0 Å². The lowest BCUT2D eigenvalue weighted by atomic mass is 10.2. The Bertz CT molecular complexity index is 914. The van der Waals surface area contributed by atoms with Gasteiger partial charge in [-0.1, -0.05) is 41.6 Å². The van der Waals surface area contributed by atoms with Crippen LogP contribution in [0.3, 0.4) is 0 Å². The van der Waals surface area contributed by atoms with Crippen LogP contribution in [0.5, 0.6) is 0 Å². The molecule has 132 valence electrons. The van der Waals surface area contributed by atoms with Gasteiger partial charge in [-0.15, -0.1) is 11.3 Å². The van der Waals surface area contributed by atoms with Gasteiger partial charge in [-0.2, -0.15) is 0 Å². The number of esters is 1. The van der Waals surface area contributed by atoms with Gasteiger partial charge in [0.1, 0.15) is 18.0 Å². The van der Waals surface area contributed by atoms with Gasteiger partial charge >= 0.3 is 5.97 Å². The maximum Gasteiger partial charge on any atom is 0.355 e. The van der Waals surface area contributed by atoms with Crippen molar-refractivity contribution in [2.24, 2.45) is 0 Å². The Balaban J connectivity index is 1.68. The molecule has 0 radical (unpaired) electrons. The van der Waals surface area contributed by atoms with E-state index in [9.17, 15) is 9.59 Å². The second-order valence-electron chi connectivity index (χ2n) is 5.39. The molecule has 2 heterocycles. The highest BCUT2D eigenvalue weighted by Crippen LogP contribution is 2.25. The number of thiophene rings is 1. The third-order valence-corrected chi connectivity index (χ3v) is 4.20. The van der Waals surface area contributed by atoms with Crippen LogP contribution in [0.2, 0.25) is 0 Å². The number of aromatic nitrogens is 1. The van der Waals surface area contributed by atoms with Gasteiger partial charge in [0.15, 0.2) is 5.76 Å². The van der Waals surface area contributed by atoms with E-state index >= 15 is 0 Å². The summed E-state index contributed by atoms with van der Waals surface area (Å²) in [6, 6.07) is 14.7. The largest absolute Gasteiger partial charge is 0.454 e. The van der Waals surface area contributed by atoms with E-state index in [1.165, 1.54) is 18.3 Å². The lowest BCUT2D eigenvalue weighted by molar-refractivity contribution is -0.141. The molecule has 2 aromatic heterocycles. The number of rotatable bonds is 6. The van der Waals surface area contributed by atoms with Gasteiger partial charge in [0, 0.05) is 13.0 Å². The molecule has 0 atom stereocenters. The molecule has 6 nitrogen and oxygen atoms in total. The summed E-state index contributed by atoms with van der Waals surface area (Å²) in [7, 11) is 0. The summed E-state index contributed by atoms with van der Waals surface area (Å²) in [5, 5.41) is 8.33. The topological polar surface area (TPSA) is 81.4 Å². The van der Waals surface area contributed by atoms with Gasteiger partial charge in [-0.3, -0.25) is 4.79 Å². The molecule has 0 saturated heterocycles. The van der Waals surface area contributed by atoms with E-state index in [4.69, 9.17) is 9.26 Å². The summed E-state index contributed by atoms with van der Waals surface area (Å²) < 4.78 is 10.5. The Morgan fingerprint density at radius 2 is 2.04 bits per heavy atom. The van der Waals surface area contributed by atoms with E-state index < -0.39 is 5.97 Å². The normalized spacial score (nSPS) is 11.2. The number of ether oxygens (including phenoxy) is 1. The van der Waals surface area contributed by atoms with Crippen molar-refractivity contribution in [2.75, 3.05) is 0 Å². The first kappa shape index (κ1) is 17.6. The van der Waals surface area contributed by atoms with E-state index in [0.29, 0.717) is 11.5 Å². The number of nitrogens with one attached hydrogen (secondary N) is 1. The van der Waals surface area contributed by atoms with Crippen molar-refractivity contribution < 1.29 is 18.8 Å². The zero-order chi connectivity index (χ0) is 18.4. The van der Waals surface area contributed by atoms with Gasteiger partial charge in [-0.05, 0) is 23.1 Å². The van der Waals surface area contributed by atoms with Crippen molar-refractivity contribution in [2.45, 2.75) is 13.5 Å². The Morgan fingerprint density at radius 3 is 2.73 bits per heavy atom. The summed E-state index contributed by atoms with van der Waals surface area (Å²) in [6.07, 6.45) is 1.56. The molecule has 1 N–H and O–H groups in total. The molecule has 0 aliphatic heterocycles. The fraction of sp³-hybridized carbons (Fsp3) is 0.105. The SMILES string of the molecule is CC(=O)N/C(=C\c1ccccc1)C(=O)OCc1cc(-c2cccs2)on1. The van der Waals surface area contributed by atoms with Crippen LogP contribution >= 0.6 is 11.3 Å². The van der Waals surface area contributed by atoms with Crippen LogP contribution in [-0.2, 0) is 20.9 Å². The molecule has 3 aromatic rings. The first-order chi connectivity index (χ1) is 12.6. The fourth-order valence-corrected chi connectivity index (χ4v) is 2.86. The van der Waals surface area contributed by atoms with Crippen LogP contribution in [0.4, 0.5) is 0 Å². The predicted octanol–water partition coefficient (Wildman–Crippen LogP) is 3.62. The second kappa shape index (κ2) is 8.26. The molecule has 0 bridgehead atoms. The molecule has 1 aromatic carbocycles. The third kappa shape index (κ3) is 4.67. The number of hydrogen-bond donors (Lipinski definition) is 1. The lowest BCUT2D eigenvalue weighted by Gasteiger charge is -2.08. The smallest absolute Gasteiger partial charge is 0.355 e. The standard InChI is InChI=1S/C19H16N2O4S/c1-13(22)20-16(10-14-6-3-2-4-7-14)19(23)24-12-15-11-17(25-21-15)18-8-5-9-26-18/h2-11H,12H2,1H3,(H,20,22)/b16-10-. The minimum absolute atomic E-state index is 0.0561. The Morgan fingerprint density at radius 1 is 1.23 bits per heavy atom. The van der Waals surface area contributed by atoms with Gasteiger partial charge in [0.25, 0.3) is 0 Å². The van der Waals surface area contributed by atoms with Crippen LogP contribution < -0.4 is 5.32 Å². The zero-order valence-electron chi connectivity index (χ0n) is 14.0. The van der Waals surface area contributed by atoms with Gasteiger partial charge < -0.3 is 14.6 Å². The summed E-state index contributed by atoms with van der Waals surface area (Å²) in [6.45, 7) is 1.27. The average Bonchev–Trinajstić information content (AvgIpc) is 3.31. The maximum atomic E-state index is 12.3. The van der Waals surface area contributed by atoms with Crippen molar-refractivity contribution in [3.63, 3.8) is 0 Å². The molecule has 0 unspecified atom stereocenters. The highest BCUT2D eigenvalue weighted by atomic mass is 32.1. The molecular weight excluding hydrogens is 352 g/mol. The first-order valence-corrected chi connectivity index (χ1v) is 8.71. The summed E-state index contributed by atoms with van der Waals surface area (Å²) in [5.74, 6) is -0.386. The highest BCUT2D eigenvalue weighted by Gasteiger charge is 2.15. The number of carbonyl (C=O) groups is 2. The summed E-state index contributed by atoms with van der Waals surface area (Å²) in [5.41, 5.74) is 1.32. The van der Waals surface area contributed by atoms with Gasteiger partial charge in [-0.25, -0.2) is 4.79 Å². The summed E-state index contributed by atoms with van der Waals surface area (Å²) in [4.78, 5) is 24.6. The van der Waals surface area contributed by atoms with Crippen LogP contribution in [-0.4, -0.2) is 17.0 Å². The van der Waals surface area contributed by atoms with Crippen molar-refractivity contribution in [3.8, 4) is 10.6 Å². The predicted molar refractivity (Wildman–Crippen MR) is 97.8 cm³/mol. The van der Waals surface area contributed by atoms with Crippen molar-refractivity contribution in [3.05, 3.63) is 70.9 Å². The quantitative estimate of drug-likeness (QED) is 0.531. The molecule has 7 heteroatoms. The molecule has 3 rings (SSSR count). The van der Waals surface area contributed by atoms with Gasteiger partial charge in [0.05, 0.1) is 4.88 Å². The Kier molecular flexibility index (Phi) is 5.60. The average molecular weight is 368 g/mol. The number of nitrogens with zero attached hydrogens (tertiary/aromatic N) is 1. The van der Waals surface area contributed by atoms with Gasteiger partial charge in [0.2, 0.25) is 5.91 Å². The minimum atomic E-state index is -0.648. The monoisotopic (exact) mass is 368 g/mol. The second-order valence-corrected chi connectivity index (χ2v) is 6.33. The van der Waals surface area contributed by atoms with E-state index in [1.54, 1.807) is 12.1 Å². The zero-order valence-corrected chi connectivity index (χ0v) is 14.8. The minimum Gasteiger partial charge on any atom is -0.454 e. The van der Waals surface area contributed by atoms with E-state index in [2.05, 4.69) is 10.5 Å². The Labute approximate surface area is 154 Å². The van der Waals surface area contributed by atoms with E-state index in [0.717, 1.165) is 10.4 Å². The molecular formula is C19H16N2O4S. The number of hydrogen-bond acceptors (Lipinski definition) is 6. The number of benzene rings is 1. The first-order valence-electron chi connectivity index (χ1n) is 7.83.